The topological polar surface area (TPSA) is 64.8 Å². The molecule has 0 saturated heterocycles. The summed E-state index contributed by atoms with van der Waals surface area (Å²) >= 11 is 0. The van der Waals surface area contributed by atoms with Crippen molar-refractivity contribution in [2.45, 2.75) is 19.1 Å². The van der Waals surface area contributed by atoms with Gasteiger partial charge in [0.15, 0.2) is 0 Å². The van der Waals surface area contributed by atoms with Crippen molar-refractivity contribution in [3.8, 4) is 5.75 Å². The molecule has 1 aliphatic heterocycles. The third-order valence-corrected chi connectivity index (χ3v) is 3.42. The van der Waals surface area contributed by atoms with Crippen LogP contribution in [0.25, 0.3) is 0 Å². The summed E-state index contributed by atoms with van der Waals surface area (Å²) < 4.78 is 10.5. The van der Waals surface area contributed by atoms with E-state index < -0.39 is 0 Å². The molecule has 0 spiro atoms. The van der Waals surface area contributed by atoms with Crippen LogP contribution in [0, 0.1) is 0 Å². The van der Waals surface area contributed by atoms with E-state index in [0.29, 0.717) is 17.9 Å². The first-order valence-electron chi connectivity index (χ1n) is 5.90. The number of benzene rings is 1. The number of rotatable bonds is 2. The molecule has 0 bridgehead atoms. The molecule has 5 nitrogen and oxygen atoms in total. The number of ether oxygens (including phenoxy) is 2. The number of likely N-dealkylation sites (N-methyl/N-ethyl adjacent to an activating group) is 1. The standard InChI is InChI=1S/C13H18N2O3/c1-8-12(7-14)18-11-6-9(13(16)17-3)4-5-10(11)15(8)2/h4-6,8,12H,7,14H2,1-3H3. The van der Waals surface area contributed by atoms with Crippen LogP contribution in [0.3, 0.4) is 0 Å². The first kappa shape index (κ1) is 12.7. The molecule has 0 fully saturated rings. The van der Waals surface area contributed by atoms with Crippen molar-refractivity contribution in [1.29, 1.82) is 0 Å². The maximum absolute atomic E-state index is 11.5. The largest absolute Gasteiger partial charge is 0.485 e. The number of anilines is 1. The summed E-state index contributed by atoms with van der Waals surface area (Å²) in [6.45, 7) is 2.50. The summed E-state index contributed by atoms with van der Waals surface area (Å²) in [4.78, 5) is 13.6. The van der Waals surface area contributed by atoms with Crippen molar-refractivity contribution in [2.75, 3.05) is 25.6 Å². The van der Waals surface area contributed by atoms with Crippen LogP contribution in [-0.2, 0) is 4.74 Å². The highest BCUT2D eigenvalue weighted by molar-refractivity contribution is 5.90. The van der Waals surface area contributed by atoms with E-state index in [1.165, 1.54) is 7.11 Å². The number of hydrogen-bond donors (Lipinski definition) is 1. The summed E-state index contributed by atoms with van der Waals surface area (Å²) in [6.07, 6.45) is -0.0737. The minimum atomic E-state index is -0.369. The Balaban J connectivity index is 2.38. The normalized spacial score (nSPS) is 22.1. The molecule has 2 atom stereocenters. The number of hydrogen-bond acceptors (Lipinski definition) is 5. The Morgan fingerprint density at radius 2 is 2.28 bits per heavy atom. The smallest absolute Gasteiger partial charge is 0.337 e. The lowest BCUT2D eigenvalue weighted by atomic mass is 10.1. The number of fused-ring (bicyclic) bond motifs is 1. The molecule has 18 heavy (non-hydrogen) atoms. The molecule has 98 valence electrons. The van der Waals surface area contributed by atoms with Crippen molar-refractivity contribution < 1.29 is 14.3 Å². The zero-order valence-corrected chi connectivity index (χ0v) is 10.8. The zero-order chi connectivity index (χ0) is 13.3. The maximum Gasteiger partial charge on any atom is 0.337 e. The molecule has 2 unspecified atom stereocenters. The number of carbonyl (C=O) groups is 1. The molecule has 0 aromatic heterocycles. The second-order valence-electron chi connectivity index (χ2n) is 4.42. The SMILES string of the molecule is COC(=O)c1ccc2c(c1)OC(CN)C(C)N2C. The Labute approximate surface area is 106 Å². The zero-order valence-electron chi connectivity index (χ0n) is 10.8. The molecule has 1 aromatic carbocycles. The molecule has 1 heterocycles. The van der Waals surface area contributed by atoms with E-state index in [2.05, 4.69) is 11.8 Å². The van der Waals surface area contributed by atoms with Gasteiger partial charge in [0.25, 0.3) is 0 Å². The van der Waals surface area contributed by atoms with E-state index in [1.807, 2.05) is 13.1 Å². The predicted molar refractivity (Wildman–Crippen MR) is 69.1 cm³/mol. The first-order valence-corrected chi connectivity index (χ1v) is 5.90. The van der Waals surface area contributed by atoms with Gasteiger partial charge in [0.2, 0.25) is 0 Å². The lowest BCUT2D eigenvalue weighted by Crippen LogP contribution is -2.49. The average Bonchev–Trinajstić information content (AvgIpc) is 2.41. The van der Waals surface area contributed by atoms with Gasteiger partial charge in [-0.3, -0.25) is 0 Å². The summed E-state index contributed by atoms with van der Waals surface area (Å²) in [7, 11) is 3.35. The van der Waals surface area contributed by atoms with Crippen molar-refractivity contribution in [2.24, 2.45) is 5.73 Å². The number of methoxy groups -OCH3 is 1. The molecule has 2 rings (SSSR count). The van der Waals surface area contributed by atoms with Crippen LogP contribution in [0.4, 0.5) is 5.69 Å². The van der Waals surface area contributed by atoms with E-state index in [1.54, 1.807) is 12.1 Å². The molecule has 0 aliphatic carbocycles. The van der Waals surface area contributed by atoms with Crippen LogP contribution in [0.1, 0.15) is 17.3 Å². The lowest BCUT2D eigenvalue weighted by Gasteiger charge is -2.39. The molecule has 0 saturated carbocycles. The predicted octanol–water partition coefficient (Wildman–Crippen LogP) is 1.02. The molecule has 2 N–H and O–H groups in total. The van der Waals surface area contributed by atoms with Crippen molar-refractivity contribution in [1.82, 2.24) is 0 Å². The number of carbonyl (C=O) groups excluding carboxylic acids is 1. The van der Waals surface area contributed by atoms with Gasteiger partial charge in [-0.15, -0.1) is 0 Å². The number of nitrogens with two attached hydrogens (primary N) is 1. The number of esters is 1. The Hall–Kier alpha value is -1.75. The summed E-state index contributed by atoms with van der Waals surface area (Å²) in [5.41, 5.74) is 7.13. The van der Waals surface area contributed by atoms with E-state index in [0.717, 1.165) is 5.69 Å². The van der Waals surface area contributed by atoms with Crippen molar-refractivity contribution in [3.05, 3.63) is 23.8 Å². The van der Waals surface area contributed by atoms with Crippen molar-refractivity contribution in [3.63, 3.8) is 0 Å². The van der Waals surface area contributed by atoms with Gasteiger partial charge in [0.05, 0.1) is 24.4 Å². The van der Waals surface area contributed by atoms with Gasteiger partial charge in [-0.1, -0.05) is 0 Å². The summed E-state index contributed by atoms with van der Waals surface area (Å²) in [5, 5.41) is 0. The summed E-state index contributed by atoms with van der Waals surface area (Å²) in [6, 6.07) is 5.50. The molecule has 1 aliphatic rings. The van der Waals surface area contributed by atoms with Gasteiger partial charge in [-0.05, 0) is 25.1 Å². The van der Waals surface area contributed by atoms with Gasteiger partial charge in [0.1, 0.15) is 11.9 Å². The number of nitrogens with zero attached hydrogens (tertiary/aromatic N) is 1. The molecule has 5 heteroatoms. The Morgan fingerprint density at radius 3 is 2.89 bits per heavy atom. The fourth-order valence-corrected chi connectivity index (χ4v) is 2.12. The molecule has 0 radical (unpaired) electrons. The second kappa shape index (κ2) is 4.86. The van der Waals surface area contributed by atoms with Crippen molar-refractivity contribution >= 4 is 11.7 Å². The van der Waals surface area contributed by atoms with E-state index >= 15 is 0 Å². The van der Waals surface area contributed by atoms with E-state index in [9.17, 15) is 4.79 Å². The molecule has 1 aromatic rings. The van der Waals surface area contributed by atoms with Gasteiger partial charge in [-0.2, -0.15) is 0 Å². The van der Waals surface area contributed by atoms with Crippen LogP contribution in [0.2, 0.25) is 0 Å². The third-order valence-electron chi connectivity index (χ3n) is 3.42. The van der Waals surface area contributed by atoms with E-state index in [4.69, 9.17) is 15.2 Å². The quantitative estimate of drug-likeness (QED) is 0.794. The van der Waals surface area contributed by atoms with Gasteiger partial charge >= 0.3 is 5.97 Å². The second-order valence-corrected chi connectivity index (χ2v) is 4.42. The van der Waals surface area contributed by atoms with Gasteiger partial charge < -0.3 is 20.1 Å². The van der Waals surface area contributed by atoms with E-state index in [-0.39, 0.29) is 18.1 Å². The molecular weight excluding hydrogens is 232 g/mol. The monoisotopic (exact) mass is 250 g/mol. The van der Waals surface area contributed by atoms with Gasteiger partial charge in [-0.25, -0.2) is 4.79 Å². The van der Waals surface area contributed by atoms with Gasteiger partial charge in [0, 0.05) is 13.6 Å². The van der Waals surface area contributed by atoms with Crippen LogP contribution in [0.5, 0.6) is 5.75 Å². The fourth-order valence-electron chi connectivity index (χ4n) is 2.12. The summed E-state index contributed by atoms with van der Waals surface area (Å²) in [5.74, 6) is 0.306. The van der Waals surface area contributed by atoms with Crippen LogP contribution in [-0.4, -0.2) is 38.8 Å². The highest BCUT2D eigenvalue weighted by atomic mass is 16.5. The Kier molecular flexibility index (Phi) is 3.43. The van der Waals surface area contributed by atoms with Crippen LogP contribution < -0.4 is 15.4 Å². The first-order chi connectivity index (χ1) is 8.58. The van der Waals surface area contributed by atoms with Crippen LogP contribution in [0.15, 0.2) is 18.2 Å². The minimum absolute atomic E-state index is 0.0737. The maximum atomic E-state index is 11.5. The lowest BCUT2D eigenvalue weighted by molar-refractivity contribution is 0.0599. The Bertz CT molecular complexity index is 462. The fraction of sp³-hybridized carbons (Fsp3) is 0.462. The highest BCUT2D eigenvalue weighted by Gasteiger charge is 2.30. The molecular formula is C13H18N2O3. The molecule has 0 amide bonds. The average molecular weight is 250 g/mol. The minimum Gasteiger partial charge on any atom is -0.485 e. The Morgan fingerprint density at radius 1 is 1.56 bits per heavy atom. The van der Waals surface area contributed by atoms with Crippen LogP contribution >= 0.6 is 0 Å². The highest BCUT2D eigenvalue weighted by Crippen LogP contribution is 2.35. The third kappa shape index (κ3) is 2.01.